The minimum atomic E-state index is -3.95. The number of rotatable bonds is 7. The Balaban J connectivity index is 2.38. The van der Waals surface area contributed by atoms with Crippen LogP contribution in [0.15, 0.2) is 53.4 Å². The third-order valence-electron chi connectivity index (χ3n) is 3.51. The first-order valence-corrected chi connectivity index (χ1v) is 9.60. The van der Waals surface area contributed by atoms with Gasteiger partial charge in [-0.3, -0.25) is 4.79 Å². The zero-order chi connectivity index (χ0) is 18.4. The van der Waals surface area contributed by atoms with Crippen LogP contribution < -0.4 is 0 Å². The molecule has 0 saturated heterocycles. The molecule has 0 amide bonds. The maximum Gasteiger partial charge on any atom is 0.306 e. The van der Waals surface area contributed by atoms with Crippen molar-refractivity contribution < 1.29 is 17.9 Å². The highest BCUT2D eigenvalue weighted by molar-refractivity contribution is 7.89. The number of methoxy groups -OCH3 is 1. The van der Waals surface area contributed by atoms with Crippen molar-refractivity contribution in [1.29, 1.82) is 0 Å². The number of nitrogens with zero attached hydrogens (tertiary/aromatic N) is 1. The molecule has 8 heteroatoms. The lowest BCUT2D eigenvalue weighted by Gasteiger charge is -2.22. The molecule has 0 aromatic heterocycles. The van der Waals surface area contributed by atoms with E-state index in [1.165, 1.54) is 29.6 Å². The van der Waals surface area contributed by atoms with Gasteiger partial charge in [-0.05, 0) is 23.8 Å². The van der Waals surface area contributed by atoms with Gasteiger partial charge < -0.3 is 4.74 Å². The predicted octanol–water partition coefficient (Wildman–Crippen LogP) is 3.75. The van der Waals surface area contributed by atoms with Gasteiger partial charge in [0, 0.05) is 18.1 Å². The van der Waals surface area contributed by atoms with Crippen LogP contribution in [-0.2, 0) is 26.1 Å². The van der Waals surface area contributed by atoms with E-state index in [-0.39, 0.29) is 34.5 Å². The second kappa shape index (κ2) is 8.67. The molecule has 0 radical (unpaired) electrons. The number of hydrogen-bond donors (Lipinski definition) is 0. The molecule has 5 nitrogen and oxygen atoms in total. The fourth-order valence-electron chi connectivity index (χ4n) is 2.20. The molecule has 0 saturated carbocycles. The molecule has 0 aliphatic carbocycles. The zero-order valence-corrected chi connectivity index (χ0v) is 15.8. The van der Waals surface area contributed by atoms with Crippen molar-refractivity contribution >= 4 is 39.2 Å². The molecular formula is C17H17Cl2NO4S. The van der Waals surface area contributed by atoms with E-state index in [1.807, 2.05) is 18.2 Å². The molecule has 0 aliphatic rings. The molecule has 0 N–H and O–H groups in total. The largest absolute Gasteiger partial charge is 0.469 e. The summed E-state index contributed by atoms with van der Waals surface area (Å²) < 4.78 is 31.9. The molecule has 2 aromatic rings. The van der Waals surface area contributed by atoms with Crippen LogP contribution in [0.3, 0.4) is 0 Å². The number of ether oxygens (including phenoxy) is 1. The number of benzene rings is 2. The summed E-state index contributed by atoms with van der Waals surface area (Å²) >= 11 is 12.0. The first kappa shape index (κ1) is 19.7. The van der Waals surface area contributed by atoms with Crippen LogP contribution in [0.25, 0.3) is 0 Å². The second-order valence-corrected chi connectivity index (χ2v) is 7.98. The summed E-state index contributed by atoms with van der Waals surface area (Å²) in [6.07, 6.45) is -0.0687. The Kier molecular flexibility index (Phi) is 6.84. The third kappa shape index (κ3) is 5.19. The Morgan fingerprint density at radius 2 is 1.80 bits per heavy atom. The van der Waals surface area contributed by atoms with E-state index in [4.69, 9.17) is 23.2 Å². The van der Waals surface area contributed by atoms with Gasteiger partial charge in [0.1, 0.15) is 4.90 Å². The number of halogens is 2. The third-order valence-corrected chi connectivity index (χ3v) is 6.07. The normalized spacial score (nSPS) is 11.5. The van der Waals surface area contributed by atoms with Crippen LogP contribution in [0.5, 0.6) is 0 Å². The fourth-order valence-corrected chi connectivity index (χ4v) is 4.37. The Bertz CT molecular complexity index is 841. The average Bonchev–Trinajstić information content (AvgIpc) is 2.60. The predicted molar refractivity (Wildman–Crippen MR) is 97.1 cm³/mol. The van der Waals surface area contributed by atoms with E-state index < -0.39 is 16.0 Å². The van der Waals surface area contributed by atoms with Crippen molar-refractivity contribution in [1.82, 2.24) is 4.31 Å². The lowest BCUT2D eigenvalue weighted by molar-refractivity contribution is -0.140. The van der Waals surface area contributed by atoms with Gasteiger partial charge in [-0.15, -0.1) is 0 Å². The van der Waals surface area contributed by atoms with Crippen molar-refractivity contribution in [3.63, 3.8) is 0 Å². The standard InChI is InChI=1S/C17H17Cl2NO4S/c1-24-17(21)9-10-20(12-13-5-3-2-4-6-13)25(22,23)16-11-14(18)7-8-15(16)19/h2-8,11H,9-10,12H2,1H3. The molecule has 0 atom stereocenters. The van der Waals surface area contributed by atoms with Crippen LogP contribution in [0.2, 0.25) is 10.0 Å². The lowest BCUT2D eigenvalue weighted by atomic mass is 10.2. The zero-order valence-electron chi connectivity index (χ0n) is 13.5. The number of sulfonamides is 1. The van der Waals surface area contributed by atoms with E-state index in [2.05, 4.69) is 4.74 Å². The maximum absolute atomic E-state index is 13.0. The van der Waals surface area contributed by atoms with Crippen molar-refractivity contribution in [3.05, 3.63) is 64.1 Å². The lowest BCUT2D eigenvalue weighted by Crippen LogP contribution is -2.33. The Morgan fingerprint density at radius 1 is 1.12 bits per heavy atom. The number of hydrogen-bond acceptors (Lipinski definition) is 4. The summed E-state index contributed by atoms with van der Waals surface area (Å²) in [7, 11) is -2.69. The minimum Gasteiger partial charge on any atom is -0.469 e. The molecule has 0 fully saturated rings. The van der Waals surface area contributed by atoms with Crippen molar-refractivity contribution in [2.75, 3.05) is 13.7 Å². The summed E-state index contributed by atoms with van der Waals surface area (Å²) in [5.41, 5.74) is 0.786. The summed E-state index contributed by atoms with van der Waals surface area (Å²) in [6.45, 7) is 0.0652. The summed E-state index contributed by atoms with van der Waals surface area (Å²) in [5.74, 6) is -0.495. The summed E-state index contributed by atoms with van der Waals surface area (Å²) in [6, 6.07) is 13.3. The fraction of sp³-hybridized carbons (Fsp3) is 0.235. The first-order valence-electron chi connectivity index (χ1n) is 7.40. The highest BCUT2D eigenvalue weighted by Crippen LogP contribution is 2.28. The SMILES string of the molecule is COC(=O)CCN(Cc1ccccc1)S(=O)(=O)c1cc(Cl)ccc1Cl. The first-order chi connectivity index (χ1) is 11.8. The number of esters is 1. The molecule has 0 heterocycles. The van der Waals surface area contributed by atoms with Crippen LogP contribution in [0.1, 0.15) is 12.0 Å². The summed E-state index contributed by atoms with van der Waals surface area (Å²) in [5, 5.41) is 0.330. The molecule has 0 aliphatic heterocycles. The molecule has 2 aromatic carbocycles. The van der Waals surface area contributed by atoms with E-state index in [9.17, 15) is 13.2 Å². The summed E-state index contributed by atoms with van der Waals surface area (Å²) in [4.78, 5) is 11.4. The van der Waals surface area contributed by atoms with Gasteiger partial charge in [-0.2, -0.15) is 4.31 Å². The monoisotopic (exact) mass is 401 g/mol. The van der Waals surface area contributed by atoms with Crippen LogP contribution in [-0.4, -0.2) is 32.3 Å². The average molecular weight is 402 g/mol. The van der Waals surface area contributed by atoms with Gasteiger partial charge in [0.25, 0.3) is 0 Å². The Morgan fingerprint density at radius 3 is 2.44 bits per heavy atom. The van der Waals surface area contributed by atoms with Crippen LogP contribution in [0, 0.1) is 0 Å². The van der Waals surface area contributed by atoms with E-state index in [0.717, 1.165) is 5.56 Å². The smallest absolute Gasteiger partial charge is 0.306 e. The topological polar surface area (TPSA) is 63.7 Å². The molecule has 25 heavy (non-hydrogen) atoms. The minimum absolute atomic E-state index is 0.0350. The van der Waals surface area contributed by atoms with Gasteiger partial charge in [-0.25, -0.2) is 8.42 Å². The Hall–Kier alpha value is -1.60. The van der Waals surface area contributed by atoms with E-state index in [0.29, 0.717) is 0 Å². The van der Waals surface area contributed by atoms with Gasteiger partial charge >= 0.3 is 5.97 Å². The van der Waals surface area contributed by atoms with Gasteiger partial charge in [-0.1, -0.05) is 53.5 Å². The highest BCUT2D eigenvalue weighted by Gasteiger charge is 2.27. The van der Waals surface area contributed by atoms with E-state index in [1.54, 1.807) is 12.1 Å². The van der Waals surface area contributed by atoms with Gasteiger partial charge in [0.05, 0.1) is 18.6 Å². The maximum atomic E-state index is 13.0. The molecule has 2 rings (SSSR count). The van der Waals surface area contributed by atoms with Crippen LogP contribution >= 0.6 is 23.2 Å². The van der Waals surface area contributed by atoms with Gasteiger partial charge in [0.15, 0.2) is 0 Å². The number of carbonyl (C=O) groups excluding carboxylic acids is 1. The Labute approximate surface area is 157 Å². The number of carbonyl (C=O) groups is 1. The molecular weight excluding hydrogens is 385 g/mol. The molecule has 0 bridgehead atoms. The molecule has 0 unspecified atom stereocenters. The van der Waals surface area contributed by atoms with Gasteiger partial charge in [0.2, 0.25) is 10.0 Å². The molecule has 0 spiro atoms. The van der Waals surface area contributed by atoms with Crippen LogP contribution in [0.4, 0.5) is 0 Å². The van der Waals surface area contributed by atoms with E-state index >= 15 is 0 Å². The van der Waals surface area contributed by atoms with Crippen molar-refractivity contribution in [2.45, 2.75) is 17.9 Å². The van der Waals surface area contributed by atoms with Crippen molar-refractivity contribution in [3.8, 4) is 0 Å². The highest BCUT2D eigenvalue weighted by atomic mass is 35.5. The second-order valence-electron chi connectivity index (χ2n) is 5.23. The quantitative estimate of drug-likeness (QED) is 0.662. The molecule has 134 valence electrons. The van der Waals surface area contributed by atoms with Crippen molar-refractivity contribution in [2.24, 2.45) is 0 Å².